The van der Waals surface area contributed by atoms with Gasteiger partial charge in [-0.2, -0.15) is 0 Å². The van der Waals surface area contributed by atoms with Crippen LogP contribution in [-0.2, 0) is 0 Å². The van der Waals surface area contributed by atoms with Gasteiger partial charge < -0.3 is 10.6 Å². The van der Waals surface area contributed by atoms with E-state index in [0.717, 1.165) is 3.57 Å². The topological polar surface area (TPSA) is 80.1 Å². The minimum atomic E-state index is -0.491. The Morgan fingerprint density at radius 2 is 2.10 bits per heavy atom. The number of nitrogens with one attached hydrogen (secondary N) is 2. The molecule has 0 atom stereocenters. The Labute approximate surface area is 133 Å². The second-order valence-electron chi connectivity index (χ2n) is 3.82. The maximum atomic E-state index is 11.0. The molecule has 0 spiro atoms. The summed E-state index contributed by atoms with van der Waals surface area (Å²) in [6.07, 6.45) is 0. The number of nitrogens with zero attached hydrogens (tertiary/aromatic N) is 2. The maximum absolute atomic E-state index is 11.0. The van der Waals surface area contributed by atoms with E-state index in [1.54, 1.807) is 25.2 Å². The molecule has 6 nitrogen and oxygen atoms in total. The van der Waals surface area contributed by atoms with Crippen molar-refractivity contribution in [2.45, 2.75) is 0 Å². The Morgan fingerprint density at radius 1 is 1.35 bits per heavy atom. The highest BCUT2D eigenvalue weighted by Crippen LogP contribution is 2.31. The first kappa shape index (κ1) is 14.8. The average molecular weight is 405 g/mol. The maximum Gasteiger partial charge on any atom is 0.311 e. The van der Waals surface area contributed by atoms with Crippen LogP contribution in [0.5, 0.6) is 0 Å². The van der Waals surface area contributed by atoms with E-state index in [0.29, 0.717) is 16.5 Å². The predicted octanol–water partition coefficient (Wildman–Crippen LogP) is 4.03. The lowest BCUT2D eigenvalue weighted by atomic mass is 10.3. The SMILES string of the molecule is CNc1ccc([N+](=O)[O-])c(Nc2ccc(I)cc2Cl)n1. The van der Waals surface area contributed by atoms with Crippen molar-refractivity contribution >= 4 is 57.2 Å². The molecule has 0 saturated heterocycles. The van der Waals surface area contributed by atoms with Gasteiger partial charge in [0.2, 0.25) is 5.82 Å². The van der Waals surface area contributed by atoms with Crippen molar-refractivity contribution < 1.29 is 4.92 Å². The molecule has 0 aliphatic rings. The van der Waals surface area contributed by atoms with Crippen molar-refractivity contribution in [1.82, 2.24) is 4.98 Å². The highest BCUT2D eigenvalue weighted by molar-refractivity contribution is 14.1. The van der Waals surface area contributed by atoms with Gasteiger partial charge in [0.25, 0.3) is 0 Å². The van der Waals surface area contributed by atoms with Gasteiger partial charge in [0, 0.05) is 16.7 Å². The molecule has 0 bridgehead atoms. The summed E-state index contributed by atoms with van der Waals surface area (Å²) < 4.78 is 0.976. The lowest BCUT2D eigenvalue weighted by Gasteiger charge is -2.09. The Bertz CT molecular complexity index is 666. The predicted molar refractivity (Wildman–Crippen MR) is 87.9 cm³/mol. The van der Waals surface area contributed by atoms with Crippen LogP contribution in [0.2, 0.25) is 5.02 Å². The Morgan fingerprint density at radius 3 is 2.70 bits per heavy atom. The third-order valence-corrected chi connectivity index (χ3v) is 3.49. The highest BCUT2D eigenvalue weighted by atomic mass is 127. The zero-order valence-corrected chi connectivity index (χ0v) is 13.3. The first-order chi connectivity index (χ1) is 9.51. The van der Waals surface area contributed by atoms with E-state index in [9.17, 15) is 10.1 Å². The fourth-order valence-corrected chi connectivity index (χ4v) is 2.45. The second kappa shape index (κ2) is 6.23. The molecule has 0 saturated carbocycles. The van der Waals surface area contributed by atoms with E-state index in [-0.39, 0.29) is 11.5 Å². The van der Waals surface area contributed by atoms with E-state index in [2.05, 4.69) is 38.2 Å². The van der Waals surface area contributed by atoms with Crippen LogP contribution in [0, 0.1) is 13.7 Å². The summed E-state index contributed by atoms with van der Waals surface area (Å²) in [5.41, 5.74) is 0.453. The number of pyridine rings is 1. The van der Waals surface area contributed by atoms with Gasteiger partial charge in [-0.3, -0.25) is 10.1 Å². The fourth-order valence-electron chi connectivity index (χ4n) is 1.55. The van der Waals surface area contributed by atoms with Crippen molar-refractivity contribution in [3.63, 3.8) is 0 Å². The number of anilines is 3. The largest absolute Gasteiger partial charge is 0.373 e. The van der Waals surface area contributed by atoms with Gasteiger partial charge in [0.05, 0.1) is 15.6 Å². The van der Waals surface area contributed by atoms with E-state index >= 15 is 0 Å². The first-order valence-electron chi connectivity index (χ1n) is 5.56. The van der Waals surface area contributed by atoms with E-state index in [1.807, 2.05) is 6.07 Å². The van der Waals surface area contributed by atoms with Crippen LogP contribution >= 0.6 is 34.2 Å². The molecule has 0 fully saturated rings. The fraction of sp³-hybridized carbons (Fsp3) is 0.0833. The van der Waals surface area contributed by atoms with Crippen LogP contribution in [0.1, 0.15) is 0 Å². The standard InChI is InChI=1S/C12H10ClIN4O2/c1-15-11-5-4-10(18(19)20)12(17-11)16-9-3-2-7(14)6-8(9)13/h2-6H,1H3,(H2,15,16,17). The van der Waals surface area contributed by atoms with Gasteiger partial charge in [0.1, 0.15) is 5.82 Å². The van der Waals surface area contributed by atoms with Crippen molar-refractivity contribution in [3.8, 4) is 0 Å². The molecule has 1 aromatic heterocycles. The molecule has 1 heterocycles. The quantitative estimate of drug-likeness (QED) is 0.457. The molecule has 104 valence electrons. The van der Waals surface area contributed by atoms with Gasteiger partial charge >= 0.3 is 5.69 Å². The van der Waals surface area contributed by atoms with Crippen LogP contribution in [0.25, 0.3) is 0 Å². The minimum Gasteiger partial charge on any atom is -0.373 e. The van der Waals surface area contributed by atoms with Crippen LogP contribution in [0.4, 0.5) is 23.0 Å². The zero-order valence-electron chi connectivity index (χ0n) is 10.4. The number of rotatable bonds is 4. The minimum absolute atomic E-state index is 0.112. The van der Waals surface area contributed by atoms with E-state index in [1.165, 1.54) is 6.07 Å². The lowest BCUT2D eigenvalue weighted by Crippen LogP contribution is -2.02. The van der Waals surface area contributed by atoms with Crippen LogP contribution in [0.15, 0.2) is 30.3 Å². The number of nitro groups is 1. The number of hydrogen-bond donors (Lipinski definition) is 2. The third-order valence-electron chi connectivity index (χ3n) is 2.51. The molecule has 8 heteroatoms. The summed E-state index contributed by atoms with van der Waals surface area (Å²) in [7, 11) is 1.69. The van der Waals surface area contributed by atoms with Gasteiger partial charge in [-0.25, -0.2) is 4.98 Å². The molecule has 2 rings (SSSR count). The summed E-state index contributed by atoms with van der Waals surface area (Å²) in [5.74, 6) is 0.671. The van der Waals surface area contributed by atoms with Crippen molar-refractivity contribution in [1.29, 1.82) is 0 Å². The summed E-state index contributed by atoms with van der Waals surface area (Å²) >= 11 is 8.24. The monoisotopic (exact) mass is 404 g/mol. The molecule has 2 aromatic rings. The average Bonchev–Trinajstić information content (AvgIpc) is 2.41. The molecule has 20 heavy (non-hydrogen) atoms. The normalized spacial score (nSPS) is 10.2. The van der Waals surface area contributed by atoms with E-state index in [4.69, 9.17) is 11.6 Å². The molecular formula is C12H10ClIN4O2. The molecule has 0 unspecified atom stereocenters. The number of benzene rings is 1. The van der Waals surface area contributed by atoms with Gasteiger partial charge in [-0.15, -0.1) is 0 Å². The molecular weight excluding hydrogens is 395 g/mol. The summed E-state index contributed by atoms with van der Waals surface area (Å²) in [6, 6.07) is 8.29. The smallest absolute Gasteiger partial charge is 0.311 e. The molecule has 0 radical (unpaired) electrons. The van der Waals surface area contributed by atoms with Gasteiger partial charge in [-0.05, 0) is 46.9 Å². The van der Waals surface area contributed by atoms with Crippen LogP contribution in [0.3, 0.4) is 0 Å². The Kier molecular flexibility index (Phi) is 4.61. The van der Waals surface area contributed by atoms with Gasteiger partial charge in [-0.1, -0.05) is 11.6 Å². The molecule has 0 aliphatic heterocycles. The van der Waals surface area contributed by atoms with Crippen molar-refractivity contribution in [2.24, 2.45) is 0 Å². The zero-order chi connectivity index (χ0) is 14.7. The summed E-state index contributed by atoms with van der Waals surface area (Å²) in [4.78, 5) is 14.7. The Balaban J connectivity index is 2.43. The lowest BCUT2D eigenvalue weighted by molar-refractivity contribution is -0.384. The second-order valence-corrected chi connectivity index (χ2v) is 5.47. The number of halogens is 2. The number of aromatic nitrogens is 1. The Hall–Kier alpha value is -1.61. The number of hydrogen-bond acceptors (Lipinski definition) is 5. The van der Waals surface area contributed by atoms with E-state index < -0.39 is 4.92 Å². The summed E-state index contributed by atoms with van der Waals surface area (Å²) in [6.45, 7) is 0. The first-order valence-corrected chi connectivity index (χ1v) is 7.02. The van der Waals surface area contributed by atoms with Crippen molar-refractivity contribution in [3.05, 3.63) is 49.0 Å². The highest BCUT2D eigenvalue weighted by Gasteiger charge is 2.17. The molecule has 0 aliphatic carbocycles. The van der Waals surface area contributed by atoms with Crippen molar-refractivity contribution in [2.75, 3.05) is 17.7 Å². The molecule has 2 N–H and O–H groups in total. The van der Waals surface area contributed by atoms with Gasteiger partial charge in [0.15, 0.2) is 0 Å². The molecule has 1 aromatic carbocycles. The van der Waals surface area contributed by atoms with Crippen LogP contribution in [-0.4, -0.2) is 17.0 Å². The van der Waals surface area contributed by atoms with Crippen LogP contribution < -0.4 is 10.6 Å². The third kappa shape index (κ3) is 3.28. The molecule has 0 amide bonds. The summed E-state index contributed by atoms with van der Waals surface area (Å²) in [5, 5.41) is 17.2.